The quantitative estimate of drug-likeness (QED) is 0.905. The molecule has 1 unspecified atom stereocenters. The maximum Gasteiger partial charge on any atom is 0.101 e. The smallest absolute Gasteiger partial charge is 0.101 e. The number of aromatic nitrogens is 2. The van der Waals surface area contributed by atoms with Gasteiger partial charge in [0.05, 0.1) is 22.8 Å². The molecule has 0 spiro atoms. The highest BCUT2D eigenvalue weighted by atomic mass is 35.5. The van der Waals surface area contributed by atoms with Crippen molar-refractivity contribution in [2.75, 3.05) is 5.32 Å². The zero-order valence-corrected chi connectivity index (χ0v) is 12.4. The van der Waals surface area contributed by atoms with Crippen LogP contribution in [0.3, 0.4) is 0 Å². The van der Waals surface area contributed by atoms with Gasteiger partial charge in [0.1, 0.15) is 6.07 Å². The molecule has 0 aliphatic heterocycles. The Balaban J connectivity index is 2.00. The lowest BCUT2D eigenvalue weighted by Gasteiger charge is -2.09. The summed E-state index contributed by atoms with van der Waals surface area (Å²) in [7, 11) is 0. The Morgan fingerprint density at radius 1 is 1.45 bits per heavy atom. The van der Waals surface area contributed by atoms with Crippen molar-refractivity contribution in [3.05, 3.63) is 46.7 Å². The van der Waals surface area contributed by atoms with Crippen molar-refractivity contribution in [1.29, 1.82) is 5.26 Å². The molecule has 0 aliphatic rings. The maximum absolute atomic E-state index is 8.83. The molecule has 1 N–H and O–H groups in total. The average Bonchev–Trinajstić information content (AvgIpc) is 2.93. The number of nitriles is 1. The summed E-state index contributed by atoms with van der Waals surface area (Å²) in [6.07, 6.45) is 3.05. The maximum atomic E-state index is 8.83. The van der Waals surface area contributed by atoms with Crippen LogP contribution in [-0.4, -0.2) is 9.78 Å². The van der Waals surface area contributed by atoms with E-state index in [9.17, 15) is 0 Å². The van der Waals surface area contributed by atoms with Crippen LogP contribution in [0.5, 0.6) is 0 Å². The topological polar surface area (TPSA) is 53.6 Å². The van der Waals surface area contributed by atoms with Crippen LogP contribution in [0.4, 0.5) is 5.69 Å². The van der Waals surface area contributed by atoms with Gasteiger partial charge in [0.25, 0.3) is 0 Å². The van der Waals surface area contributed by atoms with Crippen LogP contribution < -0.4 is 5.32 Å². The predicted octanol–water partition coefficient (Wildman–Crippen LogP) is 3.99. The Morgan fingerprint density at radius 2 is 2.25 bits per heavy atom. The van der Waals surface area contributed by atoms with E-state index in [0.717, 1.165) is 17.8 Å². The van der Waals surface area contributed by atoms with E-state index in [1.807, 2.05) is 29.1 Å². The van der Waals surface area contributed by atoms with Gasteiger partial charge < -0.3 is 5.32 Å². The third kappa shape index (κ3) is 3.31. The molecule has 1 heterocycles. The van der Waals surface area contributed by atoms with Gasteiger partial charge in [-0.1, -0.05) is 18.5 Å². The first-order valence-corrected chi connectivity index (χ1v) is 6.99. The van der Waals surface area contributed by atoms with Crippen LogP contribution >= 0.6 is 11.6 Å². The van der Waals surface area contributed by atoms with Gasteiger partial charge in [-0.15, -0.1) is 0 Å². The van der Waals surface area contributed by atoms with E-state index in [1.54, 1.807) is 12.1 Å². The number of hydrogen-bond donors (Lipinski definition) is 1. The molecular weight excluding hydrogens is 272 g/mol. The second kappa shape index (κ2) is 6.44. The highest BCUT2D eigenvalue weighted by Gasteiger charge is 2.05. The van der Waals surface area contributed by atoms with E-state index in [2.05, 4.69) is 24.3 Å². The highest BCUT2D eigenvalue weighted by molar-refractivity contribution is 6.32. The molecule has 0 saturated heterocycles. The molecule has 4 nitrogen and oxygen atoms in total. The van der Waals surface area contributed by atoms with Gasteiger partial charge in [0, 0.05) is 17.9 Å². The lowest BCUT2D eigenvalue weighted by Crippen LogP contribution is -2.06. The van der Waals surface area contributed by atoms with Crippen molar-refractivity contribution < 1.29 is 0 Å². The molecule has 0 amide bonds. The predicted molar refractivity (Wildman–Crippen MR) is 80.7 cm³/mol. The fraction of sp³-hybridized carbons (Fsp3) is 0.333. The first-order valence-electron chi connectivity index (χ1n) is 6.61. The van der Waals surface area contributed by atoms with Crippen LogP contribution in [-0.2, 0) is 6.54 Å². The van der Waals surface area contributed by atoms with Crippen LogP contribution in [0.15, 0.2) is 30.5 Å². The Bertz CT molecular complexity index is 627. The Morgan fingerprint density at radius 3 is 2.90 bits per heavy atom. The Kier molecular flexibility index (Phi) is 4.65. The van der Waals surface area contributed by atoms with Crippen molar-refractivity contribution in [2.24, 2.45) is 0 Å². The highest BCUT2D eigenvalue weighted by Crippen LogP contribution is 2.20. The molecule has 1 aromatic carbocycles. The number of anilines is 1. The van der Waals surface area contributed by atoms with Crippen LogP contribution in [0.25, 0.3) is 0 Å². The van der Waals surface area contributed by atoms with Crippen molar-refractivity contribution in [1.82, 2.24) is 9.78 Å². The van der Waals surface area contributed by atoms with E-state index >= 15 is 0 Å². The van der Waals surface area contributed by atoms with E-state index in [4.69, 9.17) is 16.9 Å². The van der Waals surface area contributed by atoms with Gasteiger partial charge >= 0.3 is 0 Å². The minimum absolute atomic E-state index is 0.410. The number of halogens is 1. The molecule has 2 rings (SSSR count). The minimum atomic E-state index is 0.410. The summed E-state index contributed by atoms with van der Waals surface area (Å²) in [6.45, 7) is 4.92. The summed E-state index contributed by atoms with van der Waals surface area (Å²) >= 11 is 5.99. The molecule has 0 fully saturated rings. The standard InChI is InChI=1S/C15H17ClN4/c1-3-11(2)20-7-6-14(19-20)10-18-13-5-4-12(9-17)15(16)8-13/h4-8,11,18H,3,10H2,1-2H3. The van der Waals surface area contributed by atoms with Crippen LogP contribution in [0.1, 0.15) is 37.6 Å². The number of rotatable bonds is 5. The molecule has 2 aromatic rings. The fourth-order valence-corrected chi connectivity index (χ4v) is 2.04. The number of nitrogens with zero attached hydrogens (tertiary/aromatic N) is 3. The first kappa shape index (κ1) is 14.4. The lowest BCUT2D eigenvalue weighted by molar-refractivity contribution is 0.474. The van der Waals surface area contributed by atoms with E-state index in [-0.39, 0.29) is 0 Å². The van der Waals surface area contributed by atoms with E-state index < -0.39 is 0 Å². The number of nitrogens with one attached hydrogen (secondary N) is 1. The van der Waals surface area contributed by atoms with Gasteiger partial charge in [0.15, 0.2) is 0 Å². The monoisotopic (exact) mass is 288 g/mol. The minimum Gasteiger partial charge on any atom is -0.379 e. The normalized spacial score (nSPS) is 11.9. The molecule has 104 valence electrons. The first-order chi connectivity index (χ1) is 9.63. The summed E-state index contributed by atoms with van der Waals surface area (Å²) in [4.78, 5) is 0. The SMILES string of the molecule is CCC(C)n1ccc(CNc2ccc(C#N)c(Cl)c2)n1. The van der Waals surface area contributed by atoms with Gasteiger partial charge in [-0.05, 0) is 37.6 Å². The molecule has 0 bridgehead atoms. The summed E-state index contributed by atoms with van der Waals surface area (Å²) in [6, 6.07) is 9.77. The molecule has 20 heavy (non-hydrogen) atoms. The molecule has 0 radical (unpaired) electrons. The fourth-order valence-electron chi connectivity index (χ4n) is 1.81. The Labute approximate surface area is 124 Å². The number of benzene rings is 1. The van der Waals surface area contributed by atoms with Crippen molar-refractivity contribution in [3.8, 4) is 6.07 Å². The van der Waals surface area contributed by atoms with Crippen LogP contribution in [0, 0.1) is 11.3 Å². The molecule has 1 aromatic heterocycles. The van der Waals surface area contributed by atoms with Crippen molar-refractivity contribution >= 4 is 17.3 Å². The second-order valence-electron chi connectivity index (χ2n) is 4.70. The van der Waals surface area contributed by atoms with Crippen molar-refractivity contribution in [3.63, 3.8) is 0 Å². The lowest BCUT2D eigenvalue weighted by atomic mass is 10.2. The van der Waals surface area contributed by atoms with Crippen LogP contribution in [0.2, 0.25) is 5.02 Å². The summed E-state index contributed by atoms with van der Waals surface area (Å²) in [5, 5.41) is 17.1. The Hall–Kier alpha value is -1.99. The molecule has 0 aliphatic carbocycles. The van der Waals surface area contributed by atoms with Gasteiger partial charge in [0.2, 0.25) is 0 Å². The zero-order valence-electron chi connectivity index (χ0n) is 11.6. The van der Waals surface area contributed by atoms with Gasteiger partial charge in [-0.25, -0.2) is 0 Å². The van der Waals surface area contributed by atoms with Gasteiger partial charge in [-0.2, -0.15) is 10.4 Å². The molecular formula is C15H17ClN4. The third-order valence-electron chi connectivity index (χ3n) is 3.27. The zero-order chi connectivity index (χ0) is 14.5. The largest absolute Gasteiger partial charge is 0.379 e. The summed E-state index contributed by atoms with van der Waals surface area (Å²) in [5.74, 6) is 0. The third-order valence-corrected chi connectivity index (χ3v) is 3.58. The summed E-state index contributed by atoms with van der Waals surface area (Å²) in [5.41, 5.74) is 2.34. The molecule has 0 saturated carbocycles. The average molecular weight is 289 g/mol. The second-order valence-corrected chi connectivity index (χ2v) is 5.11. The van der Waals surface area contributed by atoms with Crippen molar-refractivity contribution in [2.45, 2.75) is 32.9 Å². The van der Waals surface area contributed by atoms with Gasteiger partial charge in [-0.3, -0.25) is 4.68 Å². The van der Waals surface area contributed by atoms with E-state index in [0.29, 0.717) is 23.2 Å². The van der Waals surface area contributed by atoms with E-state index in [1.165, 1.54) is 0 Å². The summed E-state index contributed by atoms with van der Waals surface area (Å²) < 4.78 is 1.97. The molecule has 5 heteroatoms. The number of hydrogen-bond acceptors (Lipinski definition) is 3. The molecule has 1 atom stereocenters.